The number of ether oxygens (including phenoxy) is 2. The molecule has 5 aliphatic carbocycles. The molecule has 260 valence electrons. The third kappa shape index (κ3) is 4.40. The molecule has 0 aromatic heterocycles. The van der Waals surface area contributed by atoms with E-state index in [1.807, 2.05) is 6.92 Å². The molecule has 1 aliphatic heterocycles. The van der Waals surface area contributed by atoms with Crippen molar-refractivity contribution in [1.82, 2.24) is 0 Å². The first-order valence-corrected chi connectivity index (χ1v) is 17.4. The molecule has 6 aliphatic rings. The number of fused-ring (bicyclic) bond motifs is 7. The molecule has 10 nitrogen and oxygen atoms in total. The van der Waals surface area contributed by atoms with Crippen molar-refractivity contribution < 1.29 is 50.0 Å². The summed E-state index contributed by atoms with van der Waals surface area (Å²) in [6, 6.07) is 0. The van der Waals surface area contributed by atoms with Gasteiger partial charge in [-0.3, -0.25) is 4.79 Å². The van der Waals surface area contributed by atoms with Gasteiger partial charge >= 0.3 is 5.97 Å². The van der Waals surface area contributed by atoms with Gasteiger partial charge in [0.05, 0.1) is 30.8 Å². The number of rotatable bonds is 4. The molecule has 10 heteroatoms. The van der Waals surface area contributed by atoms with Crippen molar-refractivity contribution in [2.45, 2.75) is 136 Å². The lowest BCUT2D eigenvalue weighted by atomic mass is 9.34. The minimum Gasteiger partial charge on any atom is -0.432 e. The van der Waals surface area contributed by atoms with Gasteiger partial charge in [0.25, 0.3) is 0 Å². The van der Waals surface area contributed by atoms with Crippen LogP contribution in [0.25, 0.3) is 0 Å². The van der Waals surface area contributed by atoms with Crippen molar-refractivity contribution >= 4 is 5.97 Å². The highest BCUT2D eigenvalue weighted by Crippen LogP contribution is 2.75. The van der Waals surface area contributed by atoms with Crippen molar-refractivity contribution in [1.29, 1.82) is 0 Å². The van der Waals surface area contributed by atoms with E-state index in [1.165, 1.54) is 5.57 Å². The maximum atomic E-state index is 14.4. The standard InChI is InChI=1S/C36H56O10/c1-18-9-12-36(31(44)46-30-28(42)27(41)26(40)22(16-37)45-30)14-13-34(5)20(25(36)19(18)2)7-8-24-32(3)15-21(39)29(43)33(4,17-38)23(32)10-11-35(24,34)6/h7,18,21-24,26-30,37-43H,8-17H2,1-6H3/t18-,21?,22-,23-,24-,26-,27+,28-,29?,30+,32+,33+,34-,35-,36+/m1/s1. The molecule has 6 rings (SSSR count). The Morgan fingerprint density at radius 1 is 0.935 bits per heavy atom. The highest BCUT2D eigenvalue weighted by molar-refractivity contribution is 5.84. The fraction of sp³-hybridized carbons (Fsp3) is 0.861. The Kier molecular flexibility index (Phi) is 8.50. The molecular weight excluding hydrogens is 592 g/mol. The fourth-order valence-corrected chi connectivity index (χ4v) is 11.8. The SMILES string of the molecule is CC1=C2C3=CC[C@@H]4[C@@]5(C)CC(O)C(O)[C@@](C)(CO)[C@@H]5CC[C@@]4(C)[C@]3(C)CC[C@@]2(C(=O)O[C@@H]2O[C@H](CO)[C@@H](O)[C@H](O)[C@H]2O)CC[C@H]1C. The molecule has 1 heterocycles. The lowest BCUT2D eigenvalue weighted by Gasteiger charge is -2.70. The second-order valence-corrected chi connectivity index (χ2v) is 16.8. The molecule has 4 fully saturated rings. The first-order valence-electron chi connectivity index (χ1n) is 17.4. The van der Waals surface area contributed by atoms with Gasteiger partial charge in [-0.2, -0.15) is 0 Å². The van der Waals surface area contributed by atoms with Crippen LogP contribution in [0.15, 0.2) is 22.8 Å². The van der Waals surface area contributed by atoms with Crippen molar-refractivity contribution in [2.24, 2.45) is 44.8 Å². The van der Waals surface area contributed by atoms with Gasteiger partial charge in [-0.1, -0.05) is 46.3 Å². The average molecular weight is 649 g/mol. The van der Waals surface area contributed by atoms with Gasteiger partial charge in [0.15, 0.2) is 0 Å². The highest BCUT2D eigenvalue weighted by atomic mass is 16.7. The monoisotopic (exact) mass is 648 g/mol. The molecule has 3 saturated carbocycles. The number of carbonyl (C=O) groups is 1. The van der Waals surface area contributed by atoms with E-state index >= 15 is 0 Å². The molecule has 0 spiro atoms. The van der Waals surface area contributed by atoms with Crippen LogP contribution in [0.4, 0.5) is 0 Å². The lowest BCUT2D eigenvalue weighted by molar-refractivity contribution is -0.295. The van der Waals surface area contributed by atoms with Crippen molar-refractivity contribution in [3.63, 3.8) is 0 Å². The molecule has 15 atom stereocenters. The maximum Gasteiger partial charge on any atom is 0.318 e. The Morgan fingerprint density at radius 2 is 1.63 bits per heavy atom. The first-order chi connectivity index (χ1) is 21.5. The largest absolute Gasteiger partial charge is 0.432 e. The number of hydrogen-bond acceptors (Lipinski definition) is 10. The predicted octanol–water partition coefficient (Wildman–Crippen LogP) is 2.36. The van der Waals surface area contributed by atoms with Crippen molar-refractivity contribution in [3.05, 3.63) is 22.8 Å². The van der Waals surface area contributed by atoms with Gasteiger partial charge in [0.2, 0.25) is 6.29 Å². The van der Waals surface area contributed by atoms with E-state index in [4.69, 9.17) is 9.47 Å². The summed E-state index contributed by atoms with van der Waals surface area (Å²) in [4.78, 5) is 14.4. The second-order valence-electron chi connectivity index (χ2n) is 16.8. The third-order valence-corrected chi connectivity index (χ3v) is 15.0. The van der Waals surface area contributed by atoms with Gasteiger partial charge in [-0.15, -0.1) is 0 Å². The van der Waals surface area contributed by atoms with E-state index in [0.29, 0.717) is 19.3 Å². The van der Waals surface area contributed by atoms with Gasteiger partial charge in [-0.25, -0.2) is 0 Å². The molecule has 0 radical (unpaired) electrons. The molecule has 0 bridgehead atoms. The number of allylic oxidation sites excluding steroid dienone is 3. The van der Waals surface area contributed by atoms with Crippen LogP contribution >= 0.6 is 0 Å². The smallest absolute Gasteiger partial charge is 0.318 e. The Morgan fingerprint density at radius 3 is 2.28 bits per heavy atom. The number of aliphatic hydroxyl groups is 7. The van der Waals surface area contributed by atoms with Crippen molar-refractivity contribution in [2.75, 3.05) is 13.2 Å². The molecule has 0 aromatic carbocycles. The van der Waals surface area contributed by atoms with E-state index in [2.05, 4.69) is 40.7 Å². The summed E-state index contributed by atoms with van der Waals surface area (Å²) in [6.45, 7) is 12.4. The summed E-state index contributed by atoms with van der Waals surface area (Å²) in [5.41, 5.74) is 0.798. The summed E-state index contributed by atoms with van der Waals surface area (Å²) >= 11 is 0. The fourth-order valence-electron chi connectivity index (χ4n) is 11.8. The Labute approximate surface area is 272 Å². The Balaban J connectivity index is 1.39. The van der Waals surface area contributed by atoms with Crippen LogP contribution in [0.5, 0.6) is 0 Å². The van der Waals surface area contributed by atoms with Crippen LogP contribution in [-0.2, 0) is 14.3 Å². The van der Waals surface area contributed by atoms with Crippen LogP contribution in [0, 0.1) is 44.8 Å². The summed E-state index contributed by atoms with van der Waals surface area (Å²) in [6.07, 6.45) is -1.55. The topological polar surface area (TPSA) is 177 Å². The van der Waals surface area contributed by atoms with Crippen molar-refractivity contribution in [3.8, 4) is 0 Å². The Hall–Kier alpha value is -1.37. The van der Waals surface area contributed by atoms with Crippen LogP contribution in [0.1, 0.15) is 92.9 Å². The quantitative estimate of drug-likeness (QED) is 0.224. The lowest BCUT2D eigenvalue weighted by Crippen LogP contribution is -2.67. The van der Waals surface area contributed by atoms with Gasteiger partial charge < -0.3 is 45.2 Å². The zero-order chi connectivity index (χ0) is 33.8. The number of hydrogen-bond donors (Lipinski definition) is 7. The normalized spacial score (nSPS) is 53.7. The second kappa shape index (κ2) is 11.3. The van der Waals surface area contributed by atoms with E-state index in [-0.39, 0.29) is 40.6 Å². The molecule has 0 aromatic rings. The molecule has 7 N–H and O–H groups in total. The number of carbonyl (C=O) groups excluding carboxylic acids is 1. The van der Waals surface area contributed by atoms with Gasteiger partial charge in [0.1, 0.15) is 24.4 Å². The molecule has 0 amide bonds. The van der Waals surface area contributed by atoms with Crippen LogP contribution in [-0.4, -0.2) is 97.8 Å². The molecule has 1 saturated heterocycles. The Bertz CT molecular complexity index is 1300. The summed E-state index contributed by atoms with van der Waals surface area (Å²) < 4.78 is 11.5. The zero-order valence-corrected chi connectivity index (χ0v) is 28.3. The van der Waals surface area contributed by atoms with Gasteiger partial charge in [-0.05, 0) is 103 Å². The van der Waals surface area contributed by atoms with E-state index in [0.717, 1.165) is 43.3 Å². The van der Waals surface area contributed by atoms with Gasteiger partial charge in [0, 0.05) is 5.41 Å². The number of esters is 1. The van der Waals surface area contributed by atoms with Crippen LogP contribution in [0.2, 0.25) is 0 Å². The minimum absolute atomic E-state index is 0.0480. The number of aliphatic hydroxyl groups excluding tert-OH is 7. The van der Waals surface area contributed by atoms with E-state index < -0.39 is 66.3 Å². The minimum atomic E-state index is -1.67. The summed E-state index contributed by atoms with van der Waals surface area (Å²) in [5.74, 6) is -0.0274. The maximum absolute atomic E-state index is 14.4. The summed E-state index contributed by atoms with van der Waals surface area (Å²) in [5, 5.41) is 73.8. The van der Waals surface area contributed by atoms with E-state index in [1.54, 1.807) is 0 Å². The highest BCUT2D eigenvalue weighted by Gasteiger charge is 2.70. The molecule has 46 heavy (non-hydrogen) atoms. The third-order valence-electron chi connectivity index (χ3n) is 15.0. The average Bonchev–Trinajstić information content (AvgIpc) is 3.02. The first kappa shape index (κ1) is 34.5. The molecule has 2 unspecified atom stereocenters. The zero-order valence-electron chi connectivity index (χ0n) is 28.3. The van der Waals surface area contributed by atoms with Crippen LogP contribution < -0.4 is 0 Å². The molecular formula is C36H56O10. The predicted molar refractivity (Wildman–Crippen MR) is 168 cm³/mol. The van der Waals surface area contributed by atoms with Crippen LogP contribution in [0.3, 0.4) is 0 Å². The summed E-state index contributed by atoms with van der Waals surface area (Å²) in [7, 11) is 0. The van der Waals surface area contributed by atoms with E-state index in [9.17, 15) is 40.5 Å².